The van der Waals surface area contributed by atoms with Gasteiger partial charge in [0.1, 0.15) is 6.17 Å². The van der Waals surface area contributed by atoms with Crippen LogP contribution in [0.5, 0.6) is 0 Å². The van der Waals surface area contributed by atoms with Crippen molar-refractivity contribution in [2.24, 2.45) is 11.1 Å². The molecule has 1 unspecified atom stereocenters. The van der Waals surface area contributed by atoms with Crippen LogP contribution in [0.4, 0.5) is 4.39 Å². The minimum absolute atomic E-state index is 0.0203. The summed E-state index contributed by atoms with van der Waals surface area (Å²) in [5.74, 6) is 0. The molecule has 3 N–H and O–H groups in total. The third-order valence-electron chi connectivity index (χ3n) is 1.46. The van der Waals surface area contributed by atoms with E-state index in [1.807, 2.05) is 0 Å². The van der Waals surface area contributed by atoms with Crippen LogP contribution >= 0.6 is 0 Å². The second kappa shape index (κ2) is 3.13. The van der Waals surface area contributed by atoms with Gasteiger partial charge in [0.05, 0.1) is 6.61 Å². The van der Waals surface area contributed by atoms with E-state index in [9.17, 15) is 4.39 Å². The molecule has 9 heavy (non-hydrogen) atoms. The molecule has 0 aliphatic carbocycles. The van der Waals surface area contributed by atoms with Crippen molar-refractivity contribution in [2.45, 2.75) is 20.0 Å². The van der Waals surface area contributed by atoms with Crippen molar-refractivity contribution in [3.05, 3.63) is 0 Å². The van der Waals surface area contributed by atoms with Gasteiger partial charge in [-0.1, -0.05) is 13.8 Å². The molecule has 0 aliphatic rings. The summed E-state index contributed by atoms with van der Waals surface area (Å²) >= 11 is 0. The Morgan fingerprint density at radius 3 is 2.22 bits per heavy atom. The van der Waals surface area contributed by atoms with E-state index < -0.39 is 11.6 Å². The molecule has 0 fully saturated rings. The first-order chi connectivity index (χ1) is 4.04. The average Bonchev–Trinajstić information content (AvgIpc) is 1.86. The third-order valence-corrected chi connectivity index (χ3v) is 1.46. The van der Waals surface area contributed by atoms with Crippen molar-refractivity contribution in [1.29, 1.82) is 0 Å². The van der Waals surface area contributed by atoms with Gasteiger partial charge in [0.25, 0.3) is 0 Å². The van der Waals surface area contributed by atoms with Gasteiger partial charge in [-0.3, -0.25) is 0 Å². The number of alkyl halides is 1. The predicted octanol–water partition coefficient (Wildman–Crippen LogP) is 0.302. The molecule has 3 heteroatoms. The van der Waals surface area contributed by atoms with Gasteiger partial charge >= 0.3 is 0 Å². The Hall–Kier alpha value is -0.150. The molecule has 0 amide bonds. The first kappa shape index (κ1) is 8.85. The monoisotopic (exact) mass is 135 g/mol. The molecule has 0 aliphatic heterocycles. The highest BCUT2D eigenvalue weighted by molar-refractivity contribution is 4.77. The fourth-order valence-electron chi connectivity index (χ4n) is 0.418. The Balaban J connectivity index is 3.80. The van der Waals surface area contributed by atoms with Crippen LogP contribution in [0.25, 0.3) is 0 Å². The van der Waals surface area contributed by atoms with Gasteiger partial charge in [-0.2, -0.15) is 0 Å². The molecule has 0 aromatic carbocycles. The summed E-state index contributed by atoms with van der Waals surface area (Å²) < 4.78 is 12.6. The first-order valence-electron chi connectivity index (χ1n) is 2.99. The first-order valence-corrected chi connectivity index (χ1v) is 2.99. The van der Waals surface area contributed by atoms with Gasteiger partial charge in [0, 0.05) is 12.0 Å². The largest absolute Gasteiger partial charge is 0.396 e. The van der Waals surface area contributed by atoms with Gasteiger partial charge in [0.15, 0.2) is 0 Å². The van der Waals surface area contributed by atoms with Crippen LogP contribution in [-0.4, -0.2) is 24.4 Å². The number of nitrogens with two attached hydrogens (primary N) is 1. The Morgan fingerprint density at radius 2 is 2.11 bits per heavy atom. The van der Waals surface area contributed by atoms with E-state index in [1.54, 1.807) is 13.8 Å². The van der Waals surface area contributed by atoms with E-state index in [2.05, 4.69) is 0 Å². The maximum atomic E-state index is 12.6. The lowest BCUT2D eigenvalue weighted by molar-refractivity contribution is 0.0716. The van der Waals surface area contributed by atoms with Crippen LogP contribution in [0.15, 0.2) is 0 Å². The lowest BCUT2D eigenvalue weighted by atomic mass is 9.89. The Kier molecular flexibility index (Phi) is 3.08. The van der Waals surface area contributed by atoms with Crippen molar-refractivity contribution in [3.8, 4) is 0 Å². The molecule has 1 atom stereocenters. The van der Waals surface area contributed by atoms with Crippen LogP contribution < -0.4 is 5.73 Å². The summed E-state index contributed by atoms with van der Waals surface area (Å²) in [6.07, 6.45) is -1.11. The maximum Gasteiger partial charge on any atom is 0.120 e. The van der Waals surface area contributed by atoms with Gasteiger partial charge in [-0.25, -0.2) is 4.39 Å². The zero-order chi connectivity index (χ0) is 7.49. The quantitative estimate of drug-likeness (QED) is 0.584. The molecule has 56 valence electrons. The SMILES string of the molecule is CC(C)(CO)C(F)CN. The average molecular weight is 135 g/mol. The fraction of sp³-hybridized carbons (Fsp3) is 1.00. The molecule has 2 nitrogen and oxygen atoms in total. The maximum absolute atomic E-state index is 12.6. The molecular formula is C6H14FNO. The molecule has 0 radical (unpaired) electrons. The zero-order valence-corrected chi connectivity index (χ0v) is 5.89. The highest BCUT2D eigenvalue weighted by Crippen LogP contribution is 2.21. The van der Waals surface area contributed by atoms with E-state index in [0.29, 0.717) is 0 Å². The Labute approximate surface area is 54.9 Å². The number of rotatable bonds is 3. The molecule has 0 saturated heterocycles. The highest BCUT2D eigenvalue weighted by atomic mass is 19.1. The summed E-state index contributed by atoms with van der Waals surface area (Å²) in [5, 5.41) is 8.60. The topological polar surface area (TPSA) is 46.2 Å². The van der Waals surface area contributed by atoms with E-state index in [4.69, 9.17) is 10.8 Å². The van der Waals surface area contributed by atoms with E-state index in [-0.39, 0.29) is 13.2 Å². The fourth-order valence-corrected chi connectivity index (χ4v) is 0.418. The number of halogens is 1. The summed E-state index contributed by atoms with van der Waals surface area (Å²) in [6, 6.07) is 0. The van der Waals surface area contributed by atoms with Gasteiger partial charge < -0.3 is 10.8 Å². The highest BCUT2D eigenvalue weighted by Gasteiger charge is 2.26. The van der Waals surface area contributed by atoms with Crippen LogP contribution in [0.2, 0.25) is 0 Å². The van der Waals surface area contributed by atoms with Gasteiger partial charge in [-0.05, 0) is 0 Å². The number of hydrogen-bond donors (Lipinski definition) is 2. The van der Waals surface area contributed by atoms with Crippen molar-refractivity contribution in [1.82, 2.24) is 0 Å². The number of aliphatic hydroxyl groups excluding tert-OH is 1. The predicted molar refractivity (Wildman–Crippen MR) is 34.8 cm³/mol. The van der Waals surface area contributed by atoms with Crippen LogP contribution in [-0.2, 0) is 0 Å². The lowest BCUT2D eigenvalue weighted by Gasteiger charge is -2.24. The number of hydrogen-bond acceptors (Lipinski definition) is 2. The standard InChI is InChI=1S/C6H14FNO/c1-6(2,4-9)5(7)3-8/h5,9H,3-4,8H2,1-2H3. The molecule has 0 rings (SSSR count). The second-order valence-electron chi connectivity index (χ2n) is 2.85. The van der Waals surface area contributed by atoms with Crippen LogP contribution in [0, 0.1) is 5.41 Å². The minimum atomic E-state index is -1.11. The summed E-state index contributed by atoms with van der Waals surface area (Å²) in [6.45, 7) is 3.11. The molecule has 0 bridgehead atoms. The Morgan fingerprint density at radius 1 is 1.67 bits per heavy atom. The van der Waals surface area contributed by atoms with Crippen molar-refractivity contribution < 1.29 is 9.50 Å². The molecule has 0 aromatic rings. The van der Waals surface area contributed by atoms with Gasteiger partial charge in [0.2, 0.25) is 0 Å². The summed E-state index contributed by atoms with van der Waals surface area (Å²) in [4.78, 5) is 0. The molecular weight excluding hydrogens is 121 g/mol. The lowest BCUT2D eigenvalue weighted by Crippen LogP contribution is -2.35. The van der Waals surface area contributed by atoms with E-state index >= 15 is 0 Å². The molecule has 0 aromatic heterocycles. The van der Waals surface area contributed by atoms with Crippen molar-refractivity contribution in [2.75, 3.05) is 13.2 Å². The third kappa shape index (κ3) is 2.28. The van der Waals surface area contributed by atoms with Gasteiger partial charge in [-0.15, -0.1) is 0 Å². The van der Waals surface area contributed by atoms with Crippen molar-refractivity contribution in [3.63, 3.8) is 0 Å². The van der Waals surface area contributed by atoms with Crippen molar-refractivity contribution >= 4 is 0 Å². The molecule has 0 saturated carbocycles. The second-order valence-corrected chi connectivity index (χ2v) is 2.85. The Bertz CT molecular complexity index is 85.1. The smallest absolute Gasteiger partial charge is 0.120 e. The van der Waals surface area contributed by atoms with Crippen LogP contribution in [0.1, 0.15) is 13.8 Å². The number of aliphatic hydroxyl groups is 1. The van der Waals surface area contributed by atoms with E-state index in [1.165, 1.54) is 0 Å². The molecule has 0 heterocycles. The summed E-state index contributed by atoms with van der Waals surface area (Å²) in [7, 11) is 0. The van der Waals surface area contributed by atoms with E-state index in [0.717, 1.165) is 0 Å². The minimum Gasteiger partial charge on any atom is -0.396 e. The van der Waals surface area contributed by atoms with Crippen LogP contribution in [0.3, 0.4) is 0 Å². The molecule has 0 spiro atoms. The summed E-state index contributed by atoms with van der Waals surface area (Å²) in [5.41, 5.74) is 4.36. The normalized spacial score (nSPS) is 15.7. The zero-order valence-electron chi connectivity index (χ0n) is 5.89.